The number of hydrogen-bond donors (Lipinski definition) is 1. The van der Waals surface area contributed by atoms with Crippen molar-refractivity contribution in [2.75, 3.05) is 18.5 Å². The molecule has 0 bridgehead atoms. The minimum absolute atomic E-state index is 0.147. The van der Waals surface area contributed by atoms with E-state index in [-0.39, 0.29) is 5.88 Å². The number of aromatic nitrogens is 3. The Balaban J connectivity index is 1.74. The predicted molar refractivity (Wildman–Crippen MR) is 79.6 cm³/mol. The predicted octanol–water partition coefficient (Wildman–Crippen LogP) is 3.73. The molecule has 0 spiro atoms. The highest BCUT2D eigenvalue weighted by Crippen LogP contribution is 2.29. The van der Waals surface area contributed by atoms with Gasteiger partial charge in [0.1, 0.15) is 17.2 Å². The number of halogens is 4. The number of nitrogens with one attached hydrogen (secondary N) is 1. The average molecular weight is 347 g/mol. The number of anilines is 1. The second kappa shape index (κ2) is 7.45. The maximum atomic E-state index is 12.4. The van der Waals surface area contributed by atoms with E-state index in [9.17, 15) is 13.2 Å². The Labute approximate surface area is 135 Å². The van der Waals surface area contributed by atoms with Gasteiger partial charge in [0.05, 0.1) is 17.9 Å². The first-order chi connectivity index (χ1) is 10.9. The maximum Gasteiger partial charge on any atom is 0.417 e. The van der Waals surface area contributed by atoms with E-state index in [1.165, 1.54) is 12.4 Å². The zero-order valence-electron chi connectivity index (χ0n) is 12.2. The van der Waals surface area contributed by atoms with Gasteiger partial charge in [0.25, 0.3) is 0 Å². The molecule has 2 aromatic rings. The van der Waals surface area contributed by atoms with Crippen molar-refractivity contribution in [1.29, 1.82) is 0 Å². The van der Waals surface area contributed by atoms with Crippen molar-refractivity contribution in [3.63, 3.8) is 0 Å². The molecule has 0 amide bonds. The largest absolute Gasteiger partial charge is 0.478 e. The van der Waals surface area contributed by atoms with Crippen molar-refractivity contribution < 1.29 is 17.9 Å². The van der Waals surface area contributed by atoms with Crippen LogP contribution in [0.15, 0.2) is 24.7 Å². The number of rotatable bonds is 6. The SMILES string of the molecule is Cc1ncnc(NCCCOc2ccc(C(F)(F)F)cn2)c1Cl. The third-order valence-corrected chi connectivity index (χ3v) is 3.34. The van der Waals surface area contributed by atoms with Crippen molar-refractivity contribution in [3.8, 4) is 5.88 Å². The molecule has 23 heavy (non-hydrogen) atoms. The first-order valence-corrected chi connectivity index (χ1v) is 7.13. The van der Waals surface area contributed by atoms with E-state index in [0.29, 0.717) is 36.1 Å². The Hall–Kier alpha value is -2.09. The van der Waals surface area contributed by atoms with Gasteiger partial charge in [-0.25, -0.2) is 15.0 Å². The molecule has 0 aliphatic rings. The second-order valence-corrected chi connectivity index (χ2v) is 5.01. The van der Waals surface area contributed by atoms with E-state index >= 15 is 0 Å². The van der Waals surface area contributed by atoms with Gasteiger partial charge in [-0.3, -0.25) is 0 Å². The highest BCUT2D eigenvalue weighted by Gasteiger charge is 2.30. The molecule has 9 heteroatoms. The number of alkyl halides is 3. The van der Waals surface area contributed by atoms with Gasteiger partial charge in [0.15, 0.2) is 0 Å². The van der Waals surface area contributed by atoms with Crippen molar-refractivity contribution >= 4 is 17.4 Å². The first-order valence-electron chi connectivity index (χ1n) is 6.75. The van der Waals surface area contributed by atoms with E-state index in [2.05, 4.69) is 20.3 Å². The van der Waals surface area contributed by atoms with Gasteiger partial charge < -0.3 is 10.1 Å². The number of pyridine rings is 1. The molecule has 0 atom stereocenters. The molecule has 2 rings (SSSR count). The molecule has 0 radical (unpaired) electrons. The topological polar surface area (TPSA) is 59.9 Å². The normalized spacial score (nSPS) is 11.3. The van der Waals surface area contributed by atoms with Crippen molar-refractivity contribution in [2.24, 2.45) is 0 Å². The summed E-state index contributed by atoms with van der Waals surface area (Å²) in [7, 11) is 0. The summed E-state index contributed by atoms with van der Waals surface area (Å²) in [4.78, 5) is 11.6. The van der Waals surface area contributed by atoms with Crippen LogP contribution in [0.1, 0.15) is 17.7 Å². The smallest absolute Gasteiger partial charge is 0.417 e. The molecule has 0 saturated carbocycles. The number of ether oxygens (including phenoxy) is 1. The third-order valence-electron chi connectivity index (χ3n) is 2.89. The fraction of sp³-hybridized carbons (Fsp3) is 0.357. The van der Waals surface area contributed by atoms with Gasteiger partial charge in [0, 0.05) is 18.8 Å². The standard InChI is InChI=1S/C14H14ClF3N4O/c1-9-12(15)13(22-8-21-9)19-5-2-6-23-11-4-3-10(7-20-11)14(16,17)18/h3-4,7-8H,2,5-6H2,1H3,(H,19,21,22). The highest BCUT2D eigenvalue weighted by molar-refractivity contribution is 6.33. The number of aryl methyl sites for hydroxylation is 1. The fourth-order valence-electron chi connectivity index (χ4n) is 1.67. The molecule has 0 aliphatic carbocycles. The van der Waals surface area contributed by atoms with Crippen LogP contribution in [-0.4, -0.2) is 28.1 Å². The van der Waals surface area contributed by atoms with Gasteiger partial charge in [-0.05, 0) is 19.4 Å². The molecule has 2 aromatic heterocycles. The van der Waals surface area contributed by atoms with E-state index in [4.69, 9.17) is 16.3 Å². The molecule has 0 aliphatic heterocycles. The highest BCUT2D eigenvalue weighted by atomic mass is 35.5. The third kappa shape index (κ3) is 4.95. The Kier molecular flexibility index (Phi) is 5.59. The van der Waals surface area contributed by atoms with Gasteiger partial charge >= 0.3 is 6.18 Å². The van der Waals surface area contributed by atoms with Gasteiger partial charge in [-0.15, -0.1) is 0 Å². The van der Waals surface area contributed by atoms with Gasteiger partial charge in [0.2, 0.25) is 5.88 Å². The van der Waals surface area contributed by atoms with Crippen LogP contribution in [0, 0.1) is 6.92 Å². The van der Waals surface area contributed by atoms with E-state index < -0.39 is 11.7 Å². The average Bonchev–Trinajstić information content (AvgIpc) is 2.50. The van der Waals surface area contributed by atoms with Gasteiger partial charge in [-0.2, -0.15) is 13.2 Å². The molecule has 5 nitrogen and oxygen atoms in total. The number of nitrogens with zero attached hydrogens (tertiary/aromatic N) is 3. The quantitative estimate of drug-likeness (QED) is 0.807. The van der Waals surface area contributed by atoms with E-state index in [1.54, 1.807) is 6.92 Å². The van der Waals surface area contributed by atoms with Crippen LogP contribution in [0.3, 0.4) is 0 Å². The molecule has 0 fully saturated rings. The van der Waals surface area contributed by atoms with E-state index in [0.717, 1.165) is 12.3 Å². The van der Waals surface area contributed by atoms with Crippen LogP contribution in [0.4, 0.5) is 19.0 Å². The summed E-state index contributed by atoms with van der Waals surface area (Å²) >= 11 is 6.03. The zero-order chi connectivity index (χ0) is 16.9. The fourth-order valence-corrected chi connectivity index (χ4v) is 1.83. The molecule has 124 valence electrons. The lowest BCUT2D eigenvalue weighted by Gasteiger charge is -2.10. The molecular weight excluding hydrogens is 333 g/mol. The maximum absolute atomic E-state index is 12.4. The summed E-state index contributed by atoms with van der Waals surface area (Å²) < 4.78 is 42.4. The van der Waals surface area contributed by atoms with Crippen molar-refractivity contribution in [2.45, 2.75) is 19.5 Å². The van der Waals surface area contributed by atoms with E-state index in [1.807, 2.05) is 0 Å². The minimum atomic E-state index is -4.40. The van der Waals surface area contributed by atoms with Crippen LogP contribution in [0.2, 0.25) is 5.02 Å². The number of hydrogen-bond acceptors (Lipinski definition) is 5. The van der Waals surface area contributed by atoms with Gasteiger partial charge in [-0.1, -0.05) is 11.6 Å². The lowest BCUT2D eigenvalue weighted by atomic mass is 10.3. The summed E-state index contributed by atoms with van der Waals surface area (Å²) in [6.07, 6.45) is -1.64. The van der Waals surface area contributed by atoms with Crippen LogP contribution in [0.5, 0.6) is 5.88 Å². The van der Waals surface area contributed by atoms with Crippen molar-refractivity contribution in [3.05, 3.63) is 40.9 Å². The summed E-state index contributed by atoms with van der Waals surface area (Å²) in [5.41, 5.74) is -0.130. The summed E-state index contributed by atoms with van der Waals surface area (Å²) in [5, 5.41) is 3.49. The molecular formula is C14H14ClF3N4O. The summed E-state index contributed by atoms with van der Waals surface area (Å²) in [5.74, 6) is 0.681. The van der Waals surface area contributed by atoms with Crippen LogP contribution in [0.25, 0.3) is 0 Å². The lowest BCUT2D eigenvalue weighted by Crippen LogP contribution is -2.10. The monoisotopic (exact) mass is 346 g/mol. The Bertz CT molecular complexity index is 649. The minimum Gasteiger partial charge on any atom is -0.478 e. The van der Waals surface area contributed by atoms with Crippen LogP contribution >= 0.6 is 11.6 Å². The zero-order valence-corrected chi connectivity index (χ0v) is 12.9. The Morgan fingerprint density at radius 3 is 2.65 bits per heavy atom. The summed E-state index contributed by atoms with van der Waals surface area (Å²) in [6.45, 7) is 2.61. The van der Waals surface area contributed by atoms with Crippen LogP contribution < -0.4 is 10.1 Å². The molecule has 2 heterocycles. The van der Waals surface area contributed by atoms with Crippen LogP contribution in [-0.2, 0) is 6.18 Å². The first kappa shape index (κ1) is 17.3. The molecule has 0 saturated heterocycles. The molecule has 0 aromatic carbocycles. The Morgan fingerprint density at radius 1 is 1.22 bits per heavy atom. The molecule has 1 N–H and O–H groups in total. The lowest BCUT2D eigenvalue weighted by molar-refractivity contribution is -0.137. The molecule has 0 unspecified atom stereocenters. The van der Waals surface area contributed by atoms with Crippen molar-refractivity contribution in [1.82, 2.24) is 15.0 Å². The summed E-state index contributed by atoms with van der Waals surface area (Å²) in [6, 6.07) is 2.13. The second-order valence-electron chi connectivity index (χ2n) is 4.63. The Morgan fingerprint density at radius 2 is 2.00 bits per heavy atom.